The molecule has 0 spiro atoms. The van der Waals surface area contributed by atoms with E-state index < -0.39 is 18.6 Å². The Morgan fingerprint density at radius 1 is 1.25 bits per heavy atom. The molecule has 2 N–H and O–H groups in total. The first kappa shape index (κ1) is 28.9. The molecule has 3 atom stereocenters. The molecule has 0 aliphatic rings. The van der Waals surface area contributed by atoms with Crippen LogP contribution in [0.2, 0.25) is 0 Å². The molecule has 0 bridgehead atoms. The number of benzene rings is 1. The van der Waals surface area contributed by atoms with Crippen molar-refractivity contribution in [2.75, 3.05) is 16.9 Å². The molecule has 0 saturated heterocycles. The second kappa shape index (κ2) is 15.6. The molecule has 1 heterocycles. The molecule has 0 fully saturated rings. The number of rotatable bonds is 16. The average Bonchev–Trinajstić information content (AvgIpc) is 2.86. The van der Waals surface area contributed by atoms with Gasteiger partial charge in [0.2, 0.25) is 0 Å². The van der Waals surface area contributed by atoms with E-state index in [0.717, 1.165) is 29.3 Å². The van der Waals surface area contributed by atoms with Gasteiger partial charge in [-0.1, -0.05) is 57.2 Å². The van der Waals surface area contributed by atoms with E-state index in [9.17, 15) is 14.3 Å². The number of carbonyl (C=O) groups excluding carboxylic acids is 1. The Balaban J connectivity index is 2.22. The van der Waals surface area contributed by atoms with Crippen LogP contribution in [0.15, 0.2) is 78.6 Å². The van der Waals surface area contributed by atoms with Gasteiger partial charge in [-0.3, -0.25) is 9.80 Å². The number of hydrazone groups is 1. The van der Waals surface area contributed by atoms with E-state index in [1.165, 1.54) is 0 Å². The van der Waals surface area contributed by atoms with E-state index >= 15 is 0 Å². The predicted molar refractivity (Wildman–Crippen MR) is 147 cm³/mol. The zero-order valence-electron chi connectivity index (χ0n) is 21.6. The highest BCUT2D eigenvalue weighted by molar-refractivity contribution is 5.88. The molecule has 6 nitrogen and oxygen atoms in total. The number of carbonyl (C=O) groups is 1. The van der Waals surface area contributed by atoms with Crippen LogP contribution in [0, 0.1) is 11.8 Å². The number of hydrogen-bond acceptors (Lipinski definition) is 6. The van der Waals surface area contributed by atoms with Gasteiger partial charge in [-0.05, 0) is 49.3 Å². The van der Waals surface area contributed by atoms with Crippen molar-refractivity contribution in [1.29, 1.82) is 0 Å². The molecule has 0 saturated carbocycles. The van der Waals surface area contributed by atoms with Crippen LogP contribution >= 0.6 is 0 Å². The Hall–Kier alpha value is -3.32. The molecule has 1 aromatic heterocycles. The van der Waals surface area contributed by atoms with E-state index in [1.54, 1.807) is 6.20 Å². The SMILES string of the molecule is C=CC(C)CN(/N=C(\C/C=C/CC[C@@H](O)CC(=O)F)C(C)CC)c1ccnc(Nc2ccccc2)c1. The quantitative estimate of drug-likeness (QED) is 0.116. The maximum atomic E-state index is 12.4. The molecule has 36 heavy (non-hydrogen) atoms. The molecule has 0 aliphatic heterocycles. The van der Waals surface area contributed by atoms with Crippen molar-refractivity contribution in [3.8, 4) is 0 Å². The highest BCUT2D eigenvalue weighted by Gasteiger charge is 2.15. The first-order valence-electron chi connectivity index (χ1n) is 12.6. The van der Waals surface area contributed by atoms with Gasteiger partial charge >= 0.3 is 6.04 Å². The Morgan fingerprint density at radius 3 is 2.67 bits per heavy atom. The van der Waals surface area contributed by atoms with Crippen molar-refractivity contribution in [2.24, 2.45) is 16.9 Å². The van der Waals surface area contributed by atoms with E-state index in [1.807, 2.05) is 65.7 Å². The van der Waals surface area contributed by atoms with Gasteiger partial charge in [-0.25, -0.2) is 4.98 Å². The highest BCUT2D eigenvalue weighted by atomic mass is 19.1. The minimum atomic E-state index is -1.48. The summed E-state index contributed by atoms with van der Waals surface area (Å²) in [5, 5.41) is 20.1. The Bertz CT molecular complexity index is 1010. The summed E-state index contributed by atoms with van der Waals surface area (Å²) in [6.07, 6.45) is 8.80. The van der Waals surface area contributed by atoms with Crippen LogP contribution in [-0.2, 0) is 4.79 Å². The van der Waals surface area contributed by atoms with Crippen LogP contribution < -0.4 is 10.3 Å². The summed E-state index contributed by atoms with van der Waals surface area (Å²) in [6, 6.07) is 12.4. The van der Waals surface area contributed by atoms with E-state index in [4.69, 9.17) is 5.10 Å². The second-order valence-electron chi connectivity index (χ2n) is 9.05. The average molecular weight is 495 g/mol. The number of aromatic nitrogens is 1. The number of aliphatic hydroxyl groups excluding tert-OH is 1. The molecule has 2 rings (SSSR count). The smallest absolute Gasteiger partial charge is 0.304 e. The molecule has 1 aromatic carbocycles. The molecule has 0 aliphatic carbocycles. The summed E-state index contributed by atoms with van der Waals surface area (Å²) < 4.78 is 12.4. The summed E-state index contributed by atoms with van der Waals surface area (Å²) in [5.41, 5.74) is 2.93. The fourth-order valence-electron chi connectivity index (χ4n) is 3.50. The standard InChI is InChI=1S/C29H39FN4O2/c1-5-22(3)21-34(25-17-18-31-29(19-25)32-24-13-9-7-10-14-24)33-27(23(4)6-2)16-12-8-11-15-26(35)20-28(30)36/h5,7-10,12-14,17-19,22-23,26,35H,1,6,11,15-16,20-21H2,2-4H3,(H,31,32)/b12-8+,33-27+/t22?,23?,26-/m1/s1. The summed E-state index contributed by atoms with van der Waals surface area (Å²) in [6.45, 7) is 11.0. The van der Waals surface area contributed by atoms with Gasteiger partial charge in [0.1, 0.15) is 5.82 Å². The third kappa shape index (κ3) is 10.5. The van der Waals surface area contributed by atoms with Crippen LogP contribution in [-0.4, -0.2) is 34.5 Å². The first-order valence-corrected chi connectivity index (χ1v) is 12.6. The number of pyridine rings is 1. The van der Waals surface area contributed by atoms with Crippen LogP contribution in [0.5, 0.6) is 0 Å². The molecule has 7 heteroatoms. The Morgan fingerprint density at radius 2 is 2.00 bits per heavy atom. The lowest BCUT2D eigenvalue weighted by atomic mass is 9.99. The number of allylic oxidation sites excluding steroid dienone is 2. The monoisotopic (exact) mass is 494 g/mol. The topological polar surface area (TPSA) is 77.8 Å². The van der Waals surface area contributed by atoms with Gasteiger partial charge in [0.05, 0.1) is 18.2 Å². The number of nitrogens with zero attached hydrogens (tertiary/aromatic N) is 3. The van der Waals surface area contributed by atoms with Gasteiger partial charge in [0, 0.05) is 36.6 Å². The van der Waals surface area contributed by atoms with Crippen LogP contribution in [0.3, 0.4) is 0 Å². The number of anilines is 3. The van der Waals surface area contributed by atoms with Crippen molar-refractivity contribution in [1.82, 2.24) is 4.98 Å². The first-order chi connectivity index (χ1) is 17.3. The maximum Gasteiger partial charge on any atom is 0.304 e. The molecular weight excluding hydrogens is 455 g/mol. The third-order valence-electron chi connectivity index (χ3n) is 5.94. The van der Waals surface area contributed by atoms with E-state index in [2.05, 4.69) is 37.7 Å². The van der Waals surface area contributed by atoms with Gasteiger partial charge in [0.15, 0.2) is 0 Å². The highest BCUT2D eigenvalue weighted by Crippen LogP contribution is 2.23. The Labute approximate surface area is 214 Å². The van der Waals surface area contributed by atoms with Crippen molar-refractivity contribution in [3.63, 3.8) is 0 Å². The second-order valence-corrected chi connectivity index (χ2v) is 9.05. The van der Waals surface area contributed by atoms with Gasteiger partial charge in [-0.15, -0.1) is 6.58 Å². The number of hydrogen-bond donors (Lipinski definition) is 2. The fourth-order valence-corrected chi connectivity index (χ4v) is 3.50. The summed E-state index contributed by atoms with van der Waals surface area (Å²) in [4.78, 5) is 15.0. The molecule has 0 radical (unpaired) electrons. The molecule has 2 aromatic rings. The number of aliphatic hydroxyl groups is 1. The minimum Gasteiger partial charge on any atom is -0.393 e. The van der Waals surface area contributed by atoms with Gasteiger partial charge < -0.3 is 10.4 Å². The van der Waals surface area contributed by atoms with Crippen LogP contribution in [0.4, 0.5) is 21.6 Å². The molecule has 0 amide bonds. The maximum absolute atomic E-state index is 12.4. The van der Waals surface area contributed by atoms with E-state index in [0.29, 0.717) is 25.8 Å². The summed E-state index contributed by atoms with van der Waals surface area (Å²) in [7, 11) is 0. The lowest BCUT2D eigenvalue weighted by Crippen LogP contribution is -2.26. The van der Waals surface area contributed by atoms with Crippen molar-refractivity contribution in [2.45, 2.75) is 59.0 Å². The third-order valence-corrected chi connectivity index (χ3v) is 5.94. The molecular formula is C29H39FN4O2. The normalized spacial score (nSPS) is 14.3. The largest absolute Gasteiger partial charge is 0.393 e. The lowest BCUT2D eigenvalue weighted by molar-refractivity contribution is -0.131. The summed E-state index contributed by atoms with van der Waals surface area (Å²) >= 11 is 0. The van der Waals surface area contributed by atoms with Crippen molar-refractivity contribution < 1.29 is 14.3 Å². The van der Waals surface area contributed by atoms with Crippen LogP contribution in [0.1, 0.15) is 52.9 Å². The fraction of sp³-hybridized carbons (Fsp3) is 0.414. The minimum absolute atomic E-state index is 0.223. The number of para-hydroxylation sites is 1. The zero-order valence-corrected chi connectivity index (χ0v) is 21.6. The number of halogens is 1. The van der Waals surface area contributed by atoms with Gasteiger partial charge in [-0.2, -0.15) is 9.49 Å². The predicted octanol–water partition coefficient (Wildman–Crippen LogP) is 6.83. The Kier molecular flexibility index (Phi) is 12.6. The van der Waals surface area contributed by atoms with E-state index in [-0.39, 0.29) is 11.8 Å². The van der Waals surface area contributed by atoms with Gasteiger partial charge in [0.25, 0.3) is 0 Å². The van der Waals surface area contributed by atoms with Crippen molar-refractivity contribution in [3.05, 3.63) is 73.5 Å². The molecule has 194 valence electrons. The number of nitrogens with one attached hydrogen (secondary N) is 1. The van der Waals surface area contributed by atoms with Crippen LogP contribution in [0.25, 0.3) is 0 Å². The van der Waals surface area contributed by atoms with Crippen molar-refractivity contribution >= 4 is 28.9 Å². The zero-order chi connectivity index (χ0) is 26.3. The lowest BCUT2D eigenvalue weighted by Gasteiger charge is -2.25. The molecule has 2 unspecified atom stereocenters. The summed E-state index contributed by atoms with van der Waals surface area (Å²) in [5.74, 6) is 1.23.